The van der Waals surface area contributed by atoms with E-state index in [9.17, 15) is 9.90 Å². The van der Waals surface area contributed by atoms with E-state index in [4.69, 9.17) is 5.73 Å². The topological polar surface area (TPSA) is 75.3 Å². The summed E-state index contributed by atoms with van der Waals surface area (Å²) in [6, 6.07) is 6.64. The number of carbonyl (C=O) groups excluding carboxylic acids is 1. The molecule has 4 N–H and O–H groups in total. The van der Waals surface area contributed by atoms with Crippen molar-refractivity contribution in [2.45, 2.75) is 31.9 Å². The highest BCUT2D eigenvalue weighted by molar-refractivity contribution is 5.78. The standard InChI is InChI=1S/C13H18N2O2/c1-8-2-3-9-4-5-11(10(9)6-8)15-7-12(16)13(14)17/h2-3,6,11-12,15-16H,4-5,7H2,1H3,(H2,14,17). The van der Waals surface area contributed by atoms with Crippen molar-refractivity contribution >= 4 is 5.91 Å². The maximum atomic E-state index is 10.7. The molecule has 0 saturated heterocycles. The molecule has 0 radical (unpaired) electrons. The molecule has 92 valence electrons. The number of hydrogen-bond donors (Lipinski definition) is 3. The Morgan fingerprint density at radius 1 is 1.65 bits per heavy atom. The summed E-state index contributed by atoms with van der Waals surface area (Å²) in [6.45, 7) is 2.28. The van der Waals surface area contributed by atoms with Crippen LogP contribution in [-0.2, 0) is 11.2 Å². The number of fused-ring (bicyclic) bond motifs is 1. The van der Waals surface area contributed by atoms with Gasteiger partial charge in [0.25, 0.3) is 0 Å². The van der Waals surface area contributed by atoms with Gasteiger partial charge in [0, 0.05) is 12.6 Å². The molecule has 0 spiro atoms. The lowest BCUT2D eigenvalue weighted by Gasteiger charge is -2.16. The lowest BCUT2D eigenvalue weighted by Crippen LogP contribution is -2.38. The van der Waals surface area contributed by atoms with Crippen LogP contribution in [0.3, 0.4) is 0 Å². The summed E-state index contributed by atoms with van der Waals surface area (Å²) in [6.07, 6.45) is 0.938. The van der Waals surface area contributed by atoms with Crippen molar-refractivity contribution in [1.82, 2.24) is 5.32 Å². The number of amides is 1. The minimum atomic E-state index is -1.11. The molecule has 4 heteroatoms. The smallest absolute Gasteiger partial charge is 0.247 e. The van der Waals surface area contributed by atoms with Crippen LogP contribution in [0.5, 0.6) is 0 Å². The van der Waals surface area contributed by atoms with Gasteiger partial charge in [-0.2, -0.15) is 0 Å². The van der Waals surface area contributed by atoms with Gasteiger partial charge in [-0.05, 0) is 30.9 Å². The highest BCUT2D eigenvalue weighted by atomic mass is 16.3. The van der Waals surface area contributed by atoms with Crippen molar-refractivity contribution in [1.29, 1.82) is 0 Å². The maximum absolute atomic E-state index is 10.7. The number of aryl methyl sites for hydroxylation is 2. The Bertz CT molecular complexity index is 431. The molecule has 0 aromatic heterocycles. The average molecular weight is 234 g/mol. The minimum Gasteiger partial charge on any atom is -0.382 e. The summed E-state index contributed by atoms with van der Waals surface area (Å²) in [7, 11) is 0. The second kappa shape index (κ2) is 4.85. The van der Waals surface area contributed by atoms with E-state index in [0.717, 1.165) is 12.8 Å². The first kappa shape index (κ1) is 12.1. The molecule has 1 aliphatic carbocycles. The highest BCUT2D eigenvalue weighted by Crippen LogP contribution is 2.31. The zero-order chi connectivity index (χ0) is 12.4. The zero-order valence-corrected chi connectivity index (χ0v) is 9.94. The van der Waals surface area contributed by atoms with Gasteiger partial charge < -0.3 is 16.2 Å². The molecule has 2 rings (SSSR count). The van der Waals surface area contributed by atoms with Crippen LogP contribution in [0.15, 0.2) is 18.2 Å². The number of nitrogens with one attached hydrogen (secondary N) is 1. The van der Waals surface area contributed by atoms with Crippen LogP contribution in [0, 0.1) is 6.92 Å². The third-order valence-electron chi connectivity index (χ3n) is 3.27. The van der Waals surface area contributed by atoms with Crippen molar-refractivity contribution in [3.05, 3.63) is 34.9 Å². The van der Waals surface area contributed by atoms with Crippen LogP contribution in [0.1, 0.15) is 29.2 Å². The number of carbonyl (C=O) groups is 1. The van der Waals surface area contributed by atoms with E-state index >= 15 is 0 Å². The van der Waals surface area contributed by atoms with Crippen molar-refractivity contribution in [3.63, 3.8) is 0 Å². The summed E-state index contributed by atoms with van der Waals surface area (Å²) >= 11 is 0. The molecule has 1 aliphatic rings. The van der Waals surface area contributed by atoms with Crippen LogP contribution >= 0.6 is 0 Å². The molecule has 2 unspecified atom stereocenters. The van der Waals surface area contributed by atoms with E-state index in [0.29, 0.717) is 0 Å². The van der Waals surface area contributed by atoms with E-state index < -0.39 is 12.0 Å². The first-order valence-electron chi connectivity index (χ1n) is 5.88. The number of rotatable bonds is 4. The lowest BCUT2D eigenvalue weighted by molar-refractivity contribution is -0.125. The monoisotopic (exact) mass is 234 g/mol. The second-order valence-corrected chi connectivity index (χ2v) is 4.62. The zero-order valence-electron chi connectivity index (χ0n) is 9.94. The number of nitrogens with two attached hydrogens (primary N) is 1. The lowest BCUT2D eigenvalue weighted by atomic mass is 10.0. The Hall–Kier alpha value is -1.39. The van der Waals surface area contributed by atoms with E-state index in [2.05, 4.69) is 30.4 Å². The fraction of sp³-hybridized carbons (Fsp3) is 0.462. The van der Waals surface area contributed by atoms with E-state index in [1.165, 1.54) is 16.7 Å². The van der Waals surface area contributed by atoms with Crippen LogP contribution in [-0.4, -0.2) is 23.7 Å². The Labute approximate surface area is 101 Å². The van der Waals surface area contributed by atoms with E-state index in [1.807, 2.05) is 0 Å². The van der Waals surface area contributed by atoms with Crippen LogP contribution in [0.4, 0.5) is 0 Å². The third kappa shape index (κ3) is 2.65. The molecular formula is C13H18N2O2. The summed E-state index contributed by atoms with van der Waals surface area (Å²) in [5.74, 6) is -0.681. The molecule has 1 aromatic rings. The number of primary amides is 1. The van der Waals surface area contributed by atoms with Gasteiger partial charge in [-0.25, -0.2) is 0 Å². The highest BCUT2D eigenvalue weighted by Gasteiger charge is 2.23. The van der Waals surface area contributed by atoms with Crippen molar-refractivity contribution in [3.8, 4) is 0 Å². The molecule has 1 amide bonds. The van der Waals surface area contributed by atoms with Crippen LogP contribution < -0.4 is 11.1 Å². The Morgan fingerprint density at radius 2 is 2.41 bits per heavy atom. The Kier molecular flexibility index (Phi) is 3.45. The van der Waals surface area contributed by atoms with Gasteiger partial charge in [-0.15, -0.1) is 0 Å². The van der Waals surface area contributed by atoms with Crippen LogP contribution in [0.2, 0.25) is 0 Å². The predicted octanol–water partition coefficient (Wildman–Crippen LogP) is 0.418. The predicted molar refractivity (Wildman–Crippen MR) is 65.4 cm³/mol. The maximum Gasteiger partial charge on any atom is 0.247 e. The van der Waals surface area contributed by atoms with E-state index in [1.54, 1.807) is 0 Å². The SMILES string of the molecule is Cc1ccc2c(c1)C(NCC(O)C(N)=O)CC2. The summed E-state index contributed by atoms with van der Waals surface area (Å²) in [5, 5.41) is 12.5. The molecule has 4 nitrogen and oxygen atoms in total. The van der Waals surface area contributed by atoms with Gasteiger partial charge in [0.15, 0.2) is 0 Å². The van der Waals surface area contributed by atoms with Gasteiger partial charge in [-0.3, -0.25) is 4.79 Å². The van der Waals surface area contributed by atoms with Crippen molar-refractivity contribution in [2.24, 2.45) is 5.73 Å². The second-order valence-electron chi connectivity index (χ2n) is 4.62. The number of aliphatic hydroxyl groups excluding tert-OH is 1. The minimum absolute atomic E-state index is 0.216. The fourth-order valence-corrected chi connectivity index (χ4v) is 2.29. The number of aliphatic hydroxyl groups is 1. The summed E-state index contributed by atoms with van der Waals surface area (Å²) < 4.78 is 0. The number of benzene rings is 1. The van der Waals surface area contributed by atoms with Crippen LogP contribution in [0.25, 0.3) is 0 Å². The van der Waals surface area contributed by atoms with Gasteiger partial charge in [0.05, 0.1) is 0 Å². The Morgan fingerprint density at radius 3 is 3.12 bits per heavy atom. The molecule has 2 atom stereocenters. The van der Waals surface area contributed by atoms with Gasteiger partial charge in [0.2, 0.25) is 5.91 Å². The molecule has 0 heterocycles. The molecule has 0 fully saturated rings. The fourth-order valence-electron chi connectivity index (χ4n) is 2.29. The molecule has 1 aromatic carbocycles. The third-order valence-corrected chi connectivity index (χ3v) is 3.27. The molecular weight excluding hydrogens is 216 g/mol. The van der Waals surface area contributed by atoms with Gasteiger partial charge in [-0.1, -0.05) is 23.8 Å². The molecule has 0 bridgehead atoms. The molecule has 17 heavy (non-hydrogen) atoms. The Balaban J connectivity index is 2.02. The summed E-state index contributed by atoms with van der Waals surface area (Å²) in [4.78, 5) is 10.7. The molecule has 0 aliphatic heterocycles. The van der Waals surface area contributed by atoms with Crippen molar-refractivity contribution in [2.75, 3.05) is 6.54 Å². The molecule has 0 saturated carbocycles. The average Bonchev–Trinajstić information content (AvgIpc) is 2.68. The first-order chi connectivity index (χ1) is 8.08. The largest absolute Gasteiger partial charge is 0.382 e. The normalized spacial score (nSPS) is 20.0. The quantitative estimate of drug-likeness (QED) is 0.706. The number of hydrogen-bond acceptors (Lipinski definition) is 3. The summed E-state index contributed by atoms with van der Waals surface area (Å²) in [5.41, 5.74) is 8.87. The first-order valence-corrected chi connectivity index (χ1v) is 5.88. The van der Waals surface area contributed by atoms with E-state index in [-0.39, 0.29) is 12.6 Å². The van der Waals surface area contributed by atoms with Gasteiger partial charge in [0.1, 0.15) is 6.10 Å². The van der Waals surface area contributed by atoms with Gasteiger partial charge >= 0.3 is 0 Å². The van der Waals surface area contributed by atoms with Crippen molar-refractivity contribution < 1.29 is 9.90 Å².